The normalized spacial score (nSPS) is 13.0. The summed E-state index contributed by atoms with van der Waals surface area (Å²) in [5.41, 5.74) is 4.73. The molecule has 0 bridgehead atoms. The quantitative estimate of drug-likeness (QED) is 0.509. The predicted octanol–water partition coefficient (Wildman–Crippen LogP) is 3.37. The maximum atomic E-state index is 12.6. The van der Waals surface area contributed by atoms with Gasteiger partial charge in [0.1, 0.15) is 12.3 Å². The molecule has 170 valence electrons. The summed E-state index contributed by atoms with van der Waals surface area (Å²) in [7, 11) is 1.56. The van der Waals surface area contributed by atoms with Gasteiger partial charge in [-0.3, -0.25) is 19.6 Å². The molecular weight excluding hydrogens is 424 g/mol. The molecule has 0 saturated heterocycles. The van der Waals surface area contributed by atoms with Crippen molar-refractivity contribution in [1.82, 2.24) is 15.1 Å². The van der Waals surface area contributed by atoms with Crippen molar-refractivity contribution < 1.29 is 24.2 Å². The number of hydrogen-bond acceptors (Lipinski definition) is 5. The van der Waals surface area contributed by atoms with E-state index < -0.39 is 24.0 Å². The summed E-state index contributed by atoms with van der Waals surface area (Å²) in [6, 6.07) is 15.5. The van der Waals surface area contributed by atoms with Gasteiger partial charge in [0.15, 0.2) is 0 Å². The Morgan fingerprint density at radius 3 is 2.30 bits per heavy atom. The number of aliphatic carboxylic acids is 1. The summed E-state index contributed by atoms with van der Waals surface area (Å²) in [6.07, 6.45) is 0.411. The van der Waals surface area contributed by atoms with Gasteiger partial charge in [-0.05, 0) is 29.2 Å². The van der Waals surface area contributed by atoms with Crippen LogP contribution in [0.2, 0.25) is 0 Å². The molecule has 9 heteroatoms. The van der Waals surface area contributed by atoms with Crippen LogP contribution in [-0.2, 0) is 16.6 Å². The van der Waals surface area contributed by atoms with Crippen LogP contribution in [0, 0.1) is 0 Å². The zero-order valence-corrected chi connectivity index (χ0v) is 18.2. The van der Waals surface area contributed by atoms with Gasteiger partial charge in [-0.1, -0.05) is 48.5 Å². The van der Waals surface area contributed by atoms with Crippen LogP contribution in [0.25, 0.3) is 11.1 Å². The molecular formula is C24H24N4O5. The minimum absolute atomic E-state index is 0.0864. The first kappa shape index (κ1) is 22.1. The Morgan fingerprint density at radius 2 is 1.70 bits per heavy atom. The Bertz CT molecular complexity index is 1170. The van der Waals surface area contributed by atoms with E-state index in [1.54, 1.807) is 14.0 Å². The van der Waals surface area contributed by atoms with Crippen molar-refractivity contribution in [2.24, 2.45) is 7.05 Å². The first-order valence-corrected chi connectivity index (χ1v) is 10.5. The van der Waals surface area contributed by atoms with Gasteiger partial charge < -0.3 is 15.2 Å². The third-order valence-electron chi connectivity index (χ3n) is 5.59. The molecule has 33 heavy (non-hydrogen) atoms. The number of carboxylic acids is 1. The second-order valence-electron chi connectivity index (χ2n) is 7.95. The lowest BCUT2D eigenvalue weighted by atomic mass is 9.98. The molecule has 0 saturated carbocycles. The molecule has 4 rings (SSSR count). The lowest BCUT2D eigenvalue weighted by molar-refractivity contribution is -0.137. The minimum atomic E-state index is -1.02. The number of fused-ring (bicyclic) bond motifs is 3. The summed E-state index contributed by atoms with van der Waals surface area (Å²) in [6.45, 7) is 1.72. The van der Waals surface area contributed by atoms with Gasteiger partial charge in [-0.2, -0.15) is 5.10 Å². The molecule has 1 aromatic heterocycles. The molecule has 1 aliphatic carbocycles. The van der Waals surface area contributed by atoms with Gasteiger partial charge in [0, 0.05) is 19.0 Å². The van der Waals surface area contributed by atoms with Crippen LogP contribution >= 0.6 is 0 Å². The number of nitrogens with one attached hydrogen (secondary N) is 2. The largest absolute Gasteiger partial charge is 0.481 e. The summed E-state index contributed by atoms with van der Waals surface area (Å²) in [5, 5.41) is 18.1. The zero-order valence-electron chi connectivity index (χ0n) is 18.2. The molecule has 2 amide bonds. The van der Waals surface area contributed by atoms with Crippen LogP contribution in [0.1, 0.15) is 40.9 Å². The summed E-state index contributed by atoms with van der Waals surface area (Å²) in [4.78, 5) is 36.0. The Morgan fingerprint density at radius 1 is 1.09 bits per heavy atom. The van der Waals surface area contributed by atoms with Gasteiger partial charge >= 0.3 is 12.1 Å². The lowest BCUT2D eigenvalue weighted by Gasteiger charge is -2.15. The number of carbonyl (C=O) groups is 3. The van der Waals surface area contributed by atoms with Crippen LogP contribution < -0.4 is 10.6 Å². The van der Waals surface area contributed by atoms with Crippen molar-refractivity contribution in [3.05, 3.63) is 71.5 Å². The van der Waals surface area contributed by atoms with Gasteiger partial charge in [0.25, 0.3) is 5.91 Å². The number of amides is 2. The highest BCUT2D eigenvalue weighted by atomic mass is 16.5. The zero-order chi connectivity index (χ0) is 23.5. The topological polar surface area (TPSA) is 123 Å². The highest BCUT2D eigenvalue weighted by molar-refractivity contribution is 6.01. The van der Waals surface area contributed by atoms with Gasteiger partial charge in [0.2, 0.25) is 0 Å². The summed E-state index contributed by atoms with van der Waals surface area (Å²) < 4.78 is 6.83. The maximum absolute atomic E-state index is 12.6. The molecule has 0 spiro atoms. The third kappa shape index (κ3) is 4.57. The van der Waals surface area contributed by atoms with E-state index in [1.165, 1.54) is 10.9 Å². The van der Waals surface area contributed by atoms with Crippen molar-refractivity contribution in [2.45, 2.75) is 25.3 Å². The number of carbonyl (C=O) groups excluding carboxylic acids is 2. The molecule has 3 aromatic rings. The Hall–Kier alpha value is -4.14. The predicted molar refractivity (Wildman–Crippen MR) is 121 cm³/mol. The van der Waals surface area contributed by atoms with Crippen molar-refractivity contribution in [2.75, 3.05) is 11.9 Å². The molecule has 9 nitrogen and oxygen atoms in total. The van der Waals surface area contributed by atoms with Gasteiger partial charge in [-0.15, -0.1) is 0 Å². The highest BCUT2D eigenvalue weighted by Crippen LogP contribution is 2.44. The molecule has 1 aliphatic rings. The minimum Gasteiger partial charge on any atom is -0.481 e. The SMILES string of the molecule is CC(CC(=O)O)NC(=O)c1c(NC(=O)OCC2c3ccccc3-c3ccccc32)cnn1C. The number of aryl methyl sites for hydroxylation is 1. The van der Waals surface area contributed by atoms with E-state index in [4.69, 9.17) is 9.84 Å². The van der Waals surface area contributed by atoms with E-state index in [9.17, 15) is 14.4 Å². The van der Waals surface area contributed by atoms with Crippen LogP contribution in [0.4, 0.5) is 10.5 Å². The average molecular weight is 448 g/mol. The number of rotatable bonds is 7. The van der Waals surface area contributed by atoms with Crippen LogP contribution in [0.15, 0.2) is 54.7 Å². The fourth-order valence-corrected chi connectivity index (χ4v) is 4.15. The monoisotopic (exact) mass is 448 g/mol. The van der Waals surface area contributed by atoms with E-state index in [0.29, 0.717) is 0 Å². The molecule has 1 heterocycles. The molecule has 1 atom stereocenters. The van der Waals surface area contributed by atoms with Crippen molar-refractivity contribution >= 4 is 23.7 Å². The Kier molecular flexibility index (Phi) is 6.12. The second-order valence-corrected chi connectivity index (χ2v) is 7.95. The van der Waals surface area contributed by atoms with Gasteiger partial charge in [0.05, 0.1) is 18.3 Å². The number of nitrogens with zero attached hydrogens (tertiary/aromatic N) is 2. The summed E-state index contributed by atoms with van der Waals surface area (Å²) in [5.74, 6) is -1.65. The first-order chi connectivity index (χ1) is 15.8. The van der Waals surface area contributed by atoms with E-state index in [2.05, 4.69) is 27.9 Å². The van der Waals surface area contributed by atoms with Crippen molar-refractivity contribution in [3.63, 3.8) is 0 Å². The molecule has 0 fully saturated rings. The van der Waals surface area contributed by atoms with E-state index >= 15 is 0 Å². The standard InChI is InChI=1S/C24H24N4O5/c1-14(11-21(29)30)26-23(31)22-20(12-25-28(22)2)27-24(32)33-13-19-17-9-5-3-7-15(17)16-8-4-6-10-18(16)19/h3-10,12,14,19H,11,13H2,1-2H3,(H,26,31)(H,27,32)(H,29,30). The van der Waals surface area contributed by atoms with Crippen LogP contribution in [-0.4, -0.2) is 45.5 Å². The van der Waals surface area contributed by atoms with E-state index in [0.717, 1.165) is 22.3 Å². The first-order valence-electron chi connectivity index (χ1n) is 10.5. The van der Waals surface area contributed by atoms with Crippen LogP contribution in [0.5, 0.6) is 0 Å². The molecule has 0 radical (unpaired) electrons. The average Bonchev–Trinajstić information content (AvgIpc) is 3.29. The number of benzene rings is 2. The fourth-order valence-electron chi connectivity index (χ4n) is 4.15. The van der Waals surface area contributed by atoms with Crippen molar-refractivity contribution in [1.29, 1.82) is 0 Å². The van der Waals surface area contributed by atoms with E-state index in [1.807, 2.05) is 36.4 Å². The summed E-state index contributed by atoms with van der Waals surface area (Å²) >= 11 is 0. The maximum Gasteiger partial charge on any atom is 0.411 e. The van der Waals surface area contributed by atoms with Crippen molar-refractivity contribution in [3.8, 4) is 11.1 Å². The Labute approximate surface area is 190 Å². The third-order valence-corrected chi connectivity index (χ3v) is 5.59. The molecule has 2 aromatic carbocycles. The number of carboxylic acid groups (broad SMARTS) is 1. The molecule has 3 N–H and O–H groups in total. The van der Waals surface area contributed by atoms with Crippen LogP contribution in [0.3, 0.4) is 0 Å². The number of aromatic nitrogens is 2. The highest BCUT2D eigenvalue weighted by Gasteiger charge is 2.29. The van der Waals surface area contributed by atoms with Gasteiger partial charge in [-0.25, -0.2) is 4.79 Å². The number of anilines is 1. The molecule has 0 aliphatic heterocycles. The number of ether oxygens (including phenoxy) is 1. The Balaban J connectivity index is 1.44. The van der Waals surface area contributed by atoms with E-state index in [-0.39, 0.29) is 30.3 Å². The fraction of sp³-hybridized carbons (Fsp3) is 0.250. The second kappa shape index (κ2) is 9.15. The lowest BCUT2D eigenvalue weighted by Crippen LogP contribution is -2.35. The smallest absolute Gasteiger partial charge is 0.411 e. The molecule has 1 unspecified atom stereocenters. The number of hydrogen-bond donors (Lipinski definition) is 3.